The fraction of sp³-hybridized carbons (Fsp3) is 0.214. The molecule has 2 N–H and O–H groups in total. The zero-order chi connectivity index (χ0) is 14.0. The van der Waals surface area contributed by atoms with E-state index in [4.69, 9.17) is 10.5 Å². The van der Waals surface area contributed by atoms with Crippen LogP contribution in [0.5, 0.6) is 11.5 Å². The molecule has 0 aliphatic heterocycles. The summed E-state index contributed by atoms with van der Waals surface area (Å²) in [6.07, 6.45) is 3.24. The van der Waals surface area contributed by atoms with Crippen molar-refractivity contribution in [3.05, 3.63) is 45.1 Å². The van der Waals surface area contributed by atoms with Crippen LogP contribution in [0.15, 0.2) is 39.5 Å². The summed E-state index contributed by atoms with van der Waals surface area (Å²) < 4.78 is 7.73. The maximum Gasteiger partial charge on any atom is 0.167 e. The lowest BCUT2D eigenvalue weighted by atomic mass is 10.0. The van der Waals surface area contributed by atoms with Crippen LogP contribution in [0, 0.1) is 0 Å². The molecule has 0 fully saturated rings. The van der Waals surface area contributed by atoms with Gasteiger partial charge in [0.25, 0.3) is 0 Å². The van der Waals surface area contributed by atoms with E-state index in [1.807, 2.05) is 12.1 Å². The molecule has 0 aliphatic carbocycles. The number of hydrogen-bond donors (Lipinski definition) is 1. The summed E-state index contributed by atoms with van der Waals surface area (Å²) in [6.45, 7) is 4.25. The Bertz CT molecular complexity index is 580. The van der Waals surface area contributed by atoms with Gasteiger partial charge in [-0.1, -0.05) is 29.8 Å². The number of hydrogen-bond acceptors (Lipinski definition) is 3. The Morgan fingerprint density at radius 2 is 1.95 bits per heavy atom. The Morgan fingerprint density at radius 1 is 1.21 bits per heavy atom. The number of nitrogens with zero attached hydrogens (tertiary/aromatic N) is 1. The van der Waals surface area contributed by atoms with Crippen molar-refractivity contribution in [2.75, 3.05) is 5.73 Å². The molecule has 19 heavy (non-hydrogen) atoms. The number of anilines is 1. The second-order valence-electron chi connectivity index (χ2n) is 4.48. The molecule has 0 radical (unpaired) electrons. The van der Waals surface area contributed by atoms with Gasteiger partial charge in [-0.15, -0.1) is 0 Å². The smallest absolute Gasteiger partial charge is 0.167 e. The van der Waals surface area contributed by atoms with Crippen molar-refractivity contribution >= 4 is 37.5 Å². The molecular formula is C14H14Br2N2O. The highest BCUT2D eigenvalue weighted by atomic mass is 79.9. The predicted octanol–water partition coefficient (Wildman–Crippen LogP) is 5.10. The van der Waals surface area contributed by atoms with Crippen LogP contribution in [0.3, 0.4) is 0 Å². The molecule has 3 nitrogen and oxygen atoms in total. The SMILES string of the molecule is CC(C)c1cc(Br)ccc1Oc1c(N)cncc1Br. The molecule has 0 saturated carbocycles. The highest BCUT2D eigenvalue weighted by molar-refractivity contribution is 9.10. The van der Waals surface area contributed by atoms with Crippen LogP contribution < -0.4 is 10.5 Å². The molecular weight excluding hydrogens is 372 g/mol. The van der Waals surface area contributed by atoms with Gasteiger partial charge in [-0.25, -0.2) is 0 Å². The summed E-state index contributed by atoms with van der Waals surface area (Å²) in [6, 6.07) is 5.95. The minimum atomic E-state index is 0.356. The first-order chi connectivity index (χ1) is 8.99. The van der Waals surface area contributed by atoms with Crippen molar-refractivity contribution in [3.63, 3.8) is 0 Å². The minimum Gasteiger partial charge on any atom is -0.454 e. The number of halogens is 2. The van der Waals surface area contributed by atoms with Crippen molar-refractivity contribution in [1.29, 1.82) is 0 Å². The zero-order valence-electron chi connectivity index (χ0n) is 10.7. The first-order valence-electron chi connectivity index (χ1n) is 5.85. The summed E-state index contributed by atoms with van der Waals surface area (Å²) in [5.41, 5.74) is 7.53. The van der Waals surface area contributed by atoms with E-state index in [2.05, 4.69) is 56.8 Å². The zero-order valence-corrected chi connectivity index (χ0v) is 13.8. The molecule has 0 unspecified atom stereocenters. The number of benzene rings is 1. The lowest BCUT2D eigenvalue weighted by Gasteiger charge is -2.16. The lowest BCUT2D eigenvalue weighted by Crippen LogP contribution is -1.98. The Morgan fingerprint density at radius 3 is 2.58 bits per heavy atom. The van der Waals surface area contributed by atoms with Gasteiger partial charge in [0, 0.05) is 10.7 Å². The van der Waals surface area contributed by atoms with Gasteiger partial charge in [0.15, 0.2) is 5.75 Å². The van der Waals surface area contributed by atoms with E-state index in [9.17, 15) is 0 Å². The van der Waals surface area contributed by atoms with E-state index in [-0.39, 0.29) is 0 Å². The highest BCUT2D eigenvalue weighted by Crippen LogP contribution is 2.38. The third-order valence-electron chi connectivity index (χ3n) is 2.69. The molecule has 0 saturated heterocycles. The number of pyridine rings is 1. The number of aromatic nitrogens is 1. The van der Waals surface area contributed by atoms with E-state index < -0.39 is 0 Å². The third-order valence-corrected chi connectivity index (χ3v) is 3.74. The standard InChI is InChI=1S/C14H14Br2N2O/c1-8(2)10-5-9(15)3-4-13(10)19-14-11(16)6-18-7-12(14)17/h3-8H,17H2,1-2H3. The van der Waals surface area contributed by atoms with Gasteiger partial charge in [-0.2, -0.15) is 0 Å². The van der Waals surface area contributed by atoms with Crippen LogP contribution in [0.25, 0.3) is 0 Å². The van der Waals surface area contributed by atoms with Crippen LogP contribution in [0.4, 0.5) is 5.69 Å². The number of nitrogen functional groups attached to an aromatic ring is 1. The van der Waals surface area contributed by atoms with Crippen LogP contribution in [0.2, 0.25) is 0 Å². The van der Waals surface area contributed by atoms with Crippen molar-refractivity contribution in [1.82, 2.24) is 4.98 Å². The predicted molar refractivity (Wildman–Crippen MR) is 84.7 cm³/mol. The van der Waals surface area contributed by atoms with E-state index in [1.54, 1.807) is 12.4 Å². The molecule has 2 rings (SSSR count). The Balaban J connectivity index is 2.44. The largest absolute Gasteiger partial charge is 0.454 e. The summed E-state index contributed by atoms with van der Waals surface area (Å²) in [4.78, 5) is 4.00. The van der Waals surface area contributed by atoms with Gasteiger partial charge >= 0.3 is 0 Å². The van der Waals surface area contributed by atoms with Crippen LogP contribution in [0.1, 0.15) is 25.3 Å². The number of nitrogens with two attached hydrogens (primary N) is 1. The summed E-state index contributed by atoms with van der Waals surface area (Å²) in [5, 5.41) is 0. The number of ether oxygens (including phenoxy) is 1. The fourth-order valence-corrected chi connectivity index (χ4v) is 2.53. The Hall–Kier alpha value is -1.07. The highest BCUT2D eigenvalue weighted by Gasteiger charge is 2.13. The van der Waals surface area contributed by atoms with Gasteiger partial charge in [-0.3, -0.25) is 4.98 Å². The quantitative estimate of drug-likeness (QED) is 0.798. The Labute approximate surface area is 129 Å². The third kappa shape index (κ3) is 3.28. The van der Waals surface area contributed by atoms with Crippen molar-refractivity contribution in [2.24, 2.45) is 0 Å². The van der Waals surface area contributed by atoms with E-state index in [0.29, 0.717) is 17.4 Å². The second-order valence-corrected chi connectivity index (χ2v) is 6.25. The first kappa shape index (κ1) is 14.3. The molecule has 1 aromatic carbocycles. The van der Waals surface area contributed by atoms with Crippen LogP contribution in [-0.4, -0.2) is 4.98 Å². The first-order valence-corrected chi connectivity index (χ1v) is 7.44. The average Bonchev–Trinajstić information content (AvgIpc) is 2.35. The monoisotopic (exact) mass is 384 g/mol. The Kier molecular flexibility index (Phi) is 4.47. The molecule has 0 atom stereocenters. The molecule has 0 amide bonds. The van der Waals surface area contributed by atoms with E-state index in [0.717, 1.165) is 20.3 Å². The van der Waals surface area contributed by atoms with Gasteiger partial charge in [0.05, 0.1) is 16.4 Å². The molecule has 1 aromatic heterocycles. The van der Waals surface area contributed by atoms with E-state index in [1.165, 1.54) is 0 Å². The summed E-state index contributed by atoms with van der Waals surface area (Å²) >= 11 is 6.88. The van der Waals surface area contributed by atoms with Crippen LogP contribution in [-0.2, 0) is 0 Å². The van der Waals surface area contributed by atoms with Gasteiger partial charge in [0.2, 0.25) is 0 Å². The van der Waals surface area contributed by atoms with Crippen molar-refractivity contribution in [2.45, 2.75) is 19.8 Å². The number of rotatable bonds is 3. The molecule has 0 spiro atoms. The van der Waals surface area contributed by atoms with Gasteiger partial charge in [-0.05, 0) is 45.6 Å². The van der Waals surface area contributed by atoms with Gasteiger partial charge < -0.3 is 10.5 Å². The molecule has 5 heteroatoms. The second kappa shape index (κ2) is 5.92. The van der Waals surface area contributed by atoms with Crippen molar-refractivity contribution in [3.8, 4) is 11.5 Å². The maximum atomic E-state index is 5.95. The van der Waals surface area contributed by atoms with Crippen molar-refractivity contribution < 1.29 is 4.74 Å². The lowest BCUT2D eigenvalue weighted by molar-refractivity contribution is 0.471. The fourth-order valence-electron chi connectivity index (χ4n) is 1.72. The molecule has 100 valence electrons. The minimum absolute atomic E-state index is 0.356. The topological polar surface area (TPSA) is 48.1 Å². The maximum absolute atomic E-state index is 5.95. The normalized spacial score (nSPS) is 10.8. The molecule has 1 heterocycles. The summed E-state index contributed by atoms with van der Waals surface area (Å²) in [7, 11) is 0. The summed E-state index contributed by atoms with van der Waals surface area (Å²) in [5.74, 6) is 1.75. The average molecular weight is 386 g/mol. The molecule has 0 aliphatic rings. The van der Waals surface area contributed by atoms with E-state index >= 15 is 0 Å². The van der Waals surface area contributed by atoms with Crippen LogP contribution >= 0.6 is 31.9 Å². The molecule has 0 bridgehead atoms. The molecule has 2 aromatic rings. The van der Waals surface area contributed by atoms with Gasteiger partial charge in [0.1, 0.15) is 5.75 Å².